The van der Waals surface area contributed by atoms with Crippen LogP contribution in [0, 0.1) is 23.1 Å². The summed E-state index contributed by atoms with van der Waals surface area (Å²) >= 11 is 0. The van der Waals surface area contributed by atoms with E-state index in [0.717, 1.165) is 50.0 Å². The summed E-state index contributed by atoms with van der Waals surface area (Å²) in [5.74, 6) is -1.56. The van der Waals surface area contributed by atoms with E-state index in [9.17, 15) is 40.3 Å². The van der Waals surface area contributed by atoms with Crippen LogP contribution in [0.5, 0.6) is 5.75 Å². The van der Waals surface area contributed by atoms with Gasteiger partial charge >= 0.3 is 6.18 Å². The van der Waals surface area contributed by atoms with E-state index in [0.29, 0.717) is 57.1 Å². The Labute approximate surface area is 307 Å². The van der Waals surface area contributed by atoms with Gasteiger partial charge in [-0.25, -0.2) is 13.2 Å². The fraction of sp³-hybridized carbons (Fsp3) is 0.641. The van der Waals surface area contributed by atoms with Crippen LogP contribution in [0.4, 0.5) is 36.4 Å². The predicted octanol–water partition coefficient (Wildman–Crippen LogP) is 10.1. The number of benzene rings is 1. The standard InChI is InChI=1S/C24H31FN2O3.C7H12F2.C3H6O.C2H3F3.C2H6.CH3F/c1-5-7-19(18(6-2)12-28)13-30-14-20-11-27(17-24(20)15-26(3)16-24)21-8-9-22(25)23(10-21)29-4;1-6-2-4-7(8,9)5-3-6;1-2-3-4;1-2(3,4)5;2*1-2/h5-10,12,20H,1,11,13-17H2,2-4H3;6H,2-5H2,1H3;3H,2H2,1H3;1H3;1-2H3;1H3/b18-6-,19-7-;;;;;/t20-;;;;;/m0...../s1. The van der Waals surface area contributed by atoms with E-state index in [4.69, 9.17) is 9.47 Å². The monoisotopic (exact) mass is 754 g/mol. The zero-order chi connectivity index (χ0) is 40.5. The van der Waals surface area contributed by atoms with Crippen LogP contribution in [0.1, 0.15) is 73.6 Å². The van der Waals surface area contributed by atoms with Crippen molar-refractivity contribution >= 4 is 18.3 Å². The van der Waals surface area contributed by atoms with E-state index in [1.54, 1.807) is 18.2 Å². The van der Waals surface area contributed by atoms with Crippen LogP contribution in [-0.2, 0) is 14.3 Å². The van der Waals surface area contributed by atoms with Gasteiger partial charge in [0.2, 0.25) is 5.92 Å². The lowest BCUT2D eigenvalue weighted by Crippen LogP contribution is -2.59. The van der Waals surface area contributed by atoms with E-state index in [-0.39, 0.29) is 36.7 Å². The highest BCUT2D eigenvalue weighted by Crippen LogP contribution is 2.45. The van der Waals surface area contributed by atoms with Crippen LogP contribution >= 0.6 is 0 Å². The second kappa shape index (κ2) is 26.6. The third kappa shape index (κ3) is 19.6. The third-order valence-corrected chi connectivity index (χ3v) is 8.36. The Morgan fingerprint density at radius 2 is 1.62 bits per heavy atom. The van der Waals surface area contributed by atoms with Gasteiger partial charge in [-0.2, -0.15) is 13.2 Å². The molecular weight excluding hydrogens is 693 g/mol. The highest BCUT2D eigenvalue weighted by Gasteiger charge is 2.53. The lowest BCUT2D eigenvalue weighted by Gasteiger charge is -2.49. The number of aldehydes is 2. The molecule has 0 N–H and O–H groups in total. The number of alkyl halides is 6. The first-order chi connectivity index (χ1) is 24.5. The molecule has 3 fully saturated rings. The molecule has 0 radical (unpaired) electrons. The molecule has 0 unspecified atom stereocenters. The molecule has 2 aliphatic heterocycles. The van der Waals surface area contributed by atoms with Crippen molar-refractivity contribution in [3.63, 3.8) is 0 Å². The average Bonchev–Trinajstić information content (AvgIpc) is 3.47. The number of allylic oxidation sites excluding steroid dienone is 3. The Morgan fingerprint density at radius 3 is 2.02 bits per heavy atom. The number of likely N-dealkylation sites (tertiary alicyclic amines) is 1. The van der Waals surface area contributed by atoms with Gasteiger partial charge in [0.25, 0.3) is 0 Å². The summed E-state index contributed by atoms with van der Waals surface area (Å²) in [6.45, 7) is 18.4. The topological polar surface area (TPSA) is 59.1 Å². The highest BCUT2D eigenvalue weighted by atomic mass is 19.4. The molecule has 1 atom stereocenters. The molecule has 0 bridgehead atoms. The molecule has 2 saturated heterocycles. The second-order valence-electron chi connectivity index (χ2n) is 12.6. The molecular formula is C39H61F7N2O4. The minimum atomic E-state index is -4.00. The first-order valence-corrected chi connectivity index (χ1v) is 17.5. The van der Waals surface area contributed by atoms with Gasteiger partial charge < -0.3 is 24.1 Å². The maximum atomic E-state index is 13.8. The van der Waals surface area contributed by atoms with Crippen molar-refractivity contribution < 1.29 is 49.8 Å². The number of nitrogens with zero attached hydrogens (tertiary/aromatic N) is 2. The number of rotatable bonds is 10. The third-order valence-electron chi connectivity index (χ3n) is 8.36. The molecule has 3 aliphatic rings. The van der Waals surface area contributed by atoms with Crippen LogP contribution in [0.15, 0.2) is 54.2 Å². The van der Waals surface area contributed by atoms with Crippen molar-refractivity contribution in [1.29, 1.82) is 0 Å². The quantitative estimate of drug-likeness (QED) is 0.103. The molecule has 1 saturated carbocycles. The van der Waals surface area contributed by atoms with Crippen molar-refractivity contribution in [3.8, 4) is 5.75 Å². The first-order valence-electron chi connectivity index (χ1n) is 17.5. The van der Waals surface area contributed by atoms with Gasteiger partial charge in [-0.15, -0.1) is 0 Å². The van der Waals surface area contributed by atoms with Crippen molar-refractivity contribution in [1.82, 2.24) is 4.90 Å². The average molecular weight is 755 g/mol. The molecule has 1 aliphatic carbocycles. The van der Waals surface area contributed by atoms with Gasteiger partial charge in [-0.3, -0.25) is 9.18 Å². The number of hydrogen-bond acceptors (Lipinski definition) is 6. The van der Waals surface area contributed by atoms with Crippen molar-refractivity contribution in [2.24, 2.45) is 17.3 Å². The maximum absolute atomic E-state index is 13.8. The fourth-order valence-electron chi connectivity index (χ4n) is 5.89. The van der Waals surface area contributed by atoms with Crippen LogP contribution in [0.2, 0.25) is 0 Å². The number of carbonyl (C=O) groups is 2. The second-order valence-corrected chi connectivity index (χ2v) is 12.6. The number of carbonyl (C=O) groups excluding carboxylic acids is 2. The Balaban J connectivity index is 0. The van der Waals surface area contributed by atoms with E-state index >= 15 is 0 Å². The number of ether oxygens (including phenoxy) is 2. The van der Waals surface area contributed by atoms with Gasteiger partial charge in [0.05, 0.1) is 27.5 Å². The van der Waals surface area contributed by atoms with E-state index in [2.05, 4.69) is 23.4 Å². The van der Waals surface area contributed by atoms with Crippen molar-refractivity contribution in [3.05, 3.63) is 60.0 Å². The highest BCUT2D eigenvalue weighted by molar-refractivity contribution is 5.80. The number of halogens is 7. The predicted molar refractivity (Wildman–Crippen MR) is 197 cm³/mol. The molecule has 13 heteroatoms. The lowest BCUT2D eigenvalue weighted by atomic mass is 9.72. The largest absolute Gasteiger partial charge is 0.494 e. The zero-order valence-corrected chi connectivity index (χ0v) is 32.4. The molecule has 1 spiro atoms. The Morgan fingerprint density at radius 1 is 1.08 bits per heavy atom. The molecule has 4 rings (SSSR count). The molecule has 2 heterocycles. The fourth-order valence-corrected chi connectivity index (χ4v) is 5.89. The molecule has 1 aromatic rings. The first kappa shape index (κ1) is 50.9. The molecule has 6 nitrogen and oxygen atoms in total. The summed E-state index contributed by atoms with van der Waals surface area (Å²) in [4.78, 5) is 25.1. The number of hydrogen-bond donors (Lipinski definition) is 0. The zero-order valence-electron chi connectivity index (χ0n) is 32.4. The van der Waals surface area contributed by atoms with Crippen LogP contribution < -0.4 is 9.64 Å². The smallest absolute Gasteiger partial charge is 0.386 e. The minimum absolute atomic E-state index is 0.105. The summed E-state index contributed by atoms with van der Waals surface area (Å²) in [5, 5.41) is 0. The number of anilines is 1. The summed E-state index contributed by atoms with van der Waals surface area (Å²) in [6.07, 6.45) is 5.26. The van der Waals surface area contributed by atoms with Gasteiger partial charge in [0.1, 0.15) is 12.6 Å². The van der Waals surface area contributed by atoms with Crippen LogP contribution in [0.25, 0.3) is 0 Å². The normalized spacial score (nSPS) is 19.2. The van der Waals surface area contributed by atoms with Gasteiger partial charge in [0, 0.05) is 81.0 Å². The molecule has 52 heavy (non-hydrogen) atoms. The minimum Gasteiger partial charge on any atom is -0.494 e. The Hall–Kier alpha value is -3.19. The molecule has 0 aromatic heterocycles. The van der Waals surface area contributed by atoms with Crippen molar-refractivity contribution in [2.75, 3.05) is 65.6 Å². The summed E-state index contributed by atoms with van der Waals surface area (Å²) in [6, 6.07) is 5.04. The SMILES string of the molecule is C=C/C=C(COC[C@@H]1CN(c2ccc(F)c(OC)c2)CC12CN(C)C2)\C(C=O)=C/C.CC.CC(F)(F)F.CC1CCC(F)(F)CC1.CCC=O.CF. The van der Waals surface area contributed by atoms with Crippen LogP contribution in [-0.4, -0.2) is 90.3 Å². The summed E-state index contributed by atoms with van der Waals surface area (Å²) < 4.78 is 90.4. The summed E-state index contributed by atoms with van der Waals surface area (Å²) in [7, 11) is 4.11. The van der Waals surface area contributed by atoms with Gasteiger partial charge in [-0.05, 0) is 50.4 Å². The van der Waals surface area contributed by atoms with E-state index in [1.165, 1.54) is 13.2 Å². The van der Waals surface area contributed by atoms with Crippen LogP contribution in [0.3, 0.4) is 0 Å². The molecule has 300 valence electrons. The Bertz CT molecular complexity index is 1200. The van der Waals surface area contributed by atoms with Crippen molar-refractivity contribution in [2.45, 2.75) is 85.7 Å². The number of methoxy groups -OCH3 is 1. The maximum Gasteiger partial charge on any atom is 0.386 e. The Kier molecular flexibility index (Phi) is 26.0. The summed E-state index contributed by atoms with van der Waals surface area (Å²) in [5.41, 5.74) is 2.58. The van der Waals surface area contributed by atoms with E-state index in [1.807, 2.05) is 46.8 Å². The van der Waals surface area contributed by atoms with E-state index < -0.39 is 12.1 Å². The van der Waals surface area contributed by atoms with Gasteiger partial charge in [0.15, 0.2) is 11.6 Å². The van der Waals surface area contributed by atoms with Gasteiger partial charge in [-0.1, -0.05) is 52.5 Å². The molecule has 0 amide bonds. The lowest BCUT2D eigenvalue weighted by molar-refractivity contribution is -0.110. The molecule has 1 aromatic carbocycles.